The highest BCUT2D eigenvalue weighted by atomic mass is 32.2. The highest BCUT2D eigenvalue weighted by molar-refractivity contribution is 7.85. The van der Waals surface area contributed by atoms with Crippen LogP contribution >= 0.6 is 0 Å². The predicted molar refractivity (Wildman–Crippen MR) is 142 cm³/mol. The van der Waals surface area contributed by atoms with Crippen molar-refractivity contribution in [2.45, 2.75) is 49.3 Å². The van der Waals surface area contributed by atoms with E-state index in [4.69, 9.17) is 0 Å². The third-order valence-electron chi connectivity index (χ3n) is 6.96. The molecule has 3 aromatic carbocycles. The maximum Gasteiger partial charge on any atom is 0.416 e. The lowest BCUT2D eigenvalue weighted by atomic mass is 9.86. The monoisotopic (exact) mass is 546 g/mol. The predicted octanol–water partition coefficient (Wildman–Crippen LogP) is 6.49. The van der Waals surface area contributed by atoms with Crippen LogP contribution in [0.2, 0.25) is 0 Å². The van der Waals surface area contributed by atoms with Gasteiger partial charge in [0.1, 0.15) is 6.67 Å². The molecule has 0 saturated carbocycles. The van der Waals surface area contributed by atoms with Crippen LogP contribution in [0.15, 0.2) is 77.7 Å². The molecule has 1 fully saturated rings. The summed E-state index contributed by atoms with van der Waals surface area (Å²) in [6.45, 7) is 2.12. The summed E-state index contributed by atoms with van der Waals surface area (Å²) in [5.41, 5.74) is 2.23. The zero-order valence-electron chi connectivity index (χ0n) is 21.0. The van der Waals surface area contributed by atoms with E-state index in [1.165, 1.54) is 12.1 Å². The molecule has 202 valence electrons. The molecule has 0 radical (unpaired) electrons. The van der Waals surface area contributed by atoms with Gasteiger partial charge >= 0.3 is 6.18 Å². The smallest absolute Gasteiger partial charge is 0.365 e. The second kappa shape index (κ2) is 12.1. The molecular weight excluding hydrogens is 516 g/mol. The Bertz CT molecular complexity index is 1250. The molecule has 0 aromatic heterocycles. The number of piperidine rings is 1. The molecule has 1 aliphatic heterocycles. The molecule has 4 nitrogen and oxygen atoms in total. The quantitative estimate of drug-likeness (QED) is 0.329. The fraction of sp³-hybridized carbons (Fsp3) is 0.345. The minimum Gasteiger partial charge on any atom is -0.365 e. The number of hydrogen-bond donors (Lipinski definition) is 1. The van der Waals surface area contributed by atoms with Crippen molar-refractivity contribution in [3.63, 3.8) is 0 Å². The number of alkyl halides is 4. The maximum atomic E-state index is 13.8. The van der Waals surface area contributed by atoms with Gasteiger partial charge in [-0.25, -0.2) is 4.39 Å². The van der Waals surface area contributed by atoms with E-state index >= 15 is 0 Å². The summed E-state index contributed by atoms with van der Waals surface area (Å²) in [6.07, 6.45) is -3.12. The van der Waals surface area contributed by atoms with Crippen molar-refractivity contribution in [1.29, 1.82) is 0 Å². The molecule has 1 amide bonds. The van der Waals surface area contributed by atoms with Crippen LogP contribution in [0.25, 0.3) is 0 Å². The summed E-state index contributed by atoms with van der Waals surface area (Å²) in [6, 6.07) is 19.1. The van der Waals surface area contributed by atoms with E-state index in [2.05, 4.69) is 5.32 Å². The molecule has 1 aliphatic rings. The molecule has 1 heterocycles. The fourth-order valence-corrected chi connectivity index (χ4v) is 5.51. The van der Waals surface area contributed by atoms with Crippen LogP contribution < -0.4 is 10.2 Å². The first-order valence-corrected chi connectivity index (χ1v) is 13.9. The van der Waals surface area contributed by atoms with Gasteiger partial charge in [-0.3, -0.25) is 9.00 Å². The SMILES string of the molecule is CCS(=O)c1ccc(CNC(=O)c2ccc(N3CC(c4ccc(C(F)(F)F)cc4)CC[C@H]3CF)cc2)cc1. The van der Waals surface area contributed by atoms with E-state index in [0.717, 1.165) is 33.8 Å². The highest BCUT2D eigenvalue weighted by Gasteiger charge is 2.32. The van der Waals surface area contributed by atoms with Gasteiger partial charge in [-0.1, -0.05) is 31.2 Å². The number of rotatable bonds is 8. The molecule has 4 rings (SSSR count). The number of benzene rings is 3. The van der Waals surface area contributed by atoms with Gasteiger partial charge in [-0.15, -0.1) is 0 Å². The first-order valence-electron chi connectivity index (χ1n) is 12.5. The minimum atomic E-state index is -4.38. The number of hydrogen-bond acceptors (Lipinski definition) is 3. The first-order chi connectivity index (χ1) is 18.2. The van der Waals surface area contributed by atoms with Crippen molar-refractivity contribution >= 4 is 22.4 Å². The normalized spacial score (nSPS) is 18.7. The van der Waals surface area contributed by atoms with Crippen molar-refractivity contribution in [2.24, 2.45) is 0 Å². The molecule has 1 N–H and O–H groups in total. The molecule has 38 heavy (non-hydrogen) atoms. The number of nitrogens with one attached hydrogen (secondary N) is 1. The van der Waals surface area contributed by atoms with Crippen LogP contribution in [0, 0.1) is 0 Å². The van der Waals surface area contributed by atoms with Crippen LogP contribution in [0.5, 0.6) is 0 Å². The lowest BCUT2D eigenvalue weighted by molar-refractivity contribution is -0.137. The Labute approximate surface area is 222 Å². The van der Waals surface area contributed by atoms with Crippen molar-refractivity contribution in [3.05, 3.63) is 95.1 Å². The van der Waals surface area contributed by atoms with Gasteiger partial charge in [0.05, 0.1) is 22.4 Å². The first kappa shape index (κ1) is 27.8. The van der Waals surface area contributed by atoms with E-state index in [9.17, 15) is 26.6 Å². The van der Waals surface area contributed by atoms with Gasteiger partial charge in [0.2, 0.25) is 0 Å². The molecule has 3 atom stereocenters. The standard InChI is InChI=1S/C29H30F4N2O2S/c1-2-38(37)27-15-3-20(4-16-27)18-34-28(36)22-7-12-25(13-8-22)35-19-23(9-14-26(35)17-30)21-5-10-24(11-6-21)29(31,32)33/h3-8,10-13,15-16,23,26H,2,9,14,17-19H2,1H3,(H,34,36)/t23?,26-,38?/m0/s1. The second-order valence-electron chi connectivity index (χ2n) is 9.36. The Balaban J connectivity index is 1.40. The van der Waals surface area contributed by atoms with Crippen molar-refractivity contribution < 1.29 is 26.6 Å². The lowest BCUT2D eigenvalue weighted by Crippen LogP contribution is -2.44. The summed E-state index contributed by atoms with van der Waals surface area (Å²) in [5.74, 6) is 0.274. The van der Waals surface area contributed by atoms with E-state index in [1.54, 1.807) is 36.4 Å². The molecule has 1 saturated heterocycles. The number of nitrogens with zero attached hydrogens (tertiary/aromatic N) is 1. The third kappa shape index (κ3) is 6.62. The Morgan fingerprint density at radius 1 is 0.974 bits per heavy atom. The fourth-order valence-electron chi connectivity index (χ4n) is 4.73. The minimum absolute atomic E-state index is 0.0239. The van der Waals surface area contributed by atoms with Crippen LogP contribution in [0.1, 0.15) is 52.7 Å². The lowest BCUT2D eigenvalue weighted by Gasteiger charge is -2.40. The number of anilines is 1. The van der Waals surface area contributed by atoms with E-state index in [-0.39, 0.29) is 17.9 Å². The average molecular weight is 547 g/mol. The maximum absolute atomic E-state index is 13.8. The van der Waals surface area contributed by atoms with E-state index in [0.29, 0.717) is 37.2 Å². The molecule has 0 aliphatic carbocycles. The van der Waals surface area contributed by atoms with E-state index < -0.39 is 29.2 Å². The molecular formula is C29H30F4N2O2S. The van der Waals surface area contributed by atoms with Crippen LogP contribution in [-0.4, -0.2) is 35.1 Å². The highest BCUT2D eigenvalue weighted by Crippen LogP contribution is 2.35. The largest absolute Gasteiger partial charge is 0.416 e. The Hall–Kier alpha value is -3.20. The van der Waals surface area contributed by atoms with Crippen LogP contribution in [-0.2, 0) is 23.5 Å². The number of halogens is 4. The summed E-state index contributed by atoms with van der Waals surface area (Å²) in [5, 5.41) is 2.87. The van der Waals surface area contributed by atoms with E-state index in [1.807, 2.05) is 24.0 Å². The van der Waals surface area contributed by atoms with Crippen LogP contribution in [0.3, 0.4) is 0 Å². The van der Waals surface area contributed by atoms with Gasteiger partial charge in [0.25, 0.3) is 5.91 Å². The summed E-state index contributed by atoms with van der Waals surface area (Å²) >= 11 is 0. The van der Waals surface area contributed by atoms with Gasteiger partial charge in [0, 0.05) is 40.9 Å². The molecule has 9 heteroatoms. The number of carbonyl (C=O) groups is 1. The van der Waals surface area contributed by atoms with Gasteiger partial charge in [-0.05, 0) is 72.5 Å². The number of amides is 1. The Morgan fingerprint density at radius 3 is 2.21 bits per heavy atom. The van der Waals surface area contributed by atoms with Gasteiger partial charge in [0.15, 0.2) is 0 Å². The number of carbonyl (C=O) groups excluding carboxylic acids is 1. The third-order valence-corrected chi connectivity index (χ3v) is 8.28. The molecule has 3 aromatic rings. The second-order valence-corrected chi connectivity index (χ2v) is 11.1. The molecule has 0 bridgehead atoms. The summed E-state index contributed by atoms with van der Waals surface area (Å²) in [7, 11) is -1.02. The topological polar surface area (TPSA) is 49.4 Å². The average Bonchev–Trinajstić information content (AvgIpc) is 2.95. The zero-order chi connectivity index (χ0) is 27.3. The van der Waals surface area contributed by atoms with Gasteiger partial charge < -0.3 is 10.2 Å². The molecule has 0 spiro atoms. The van der Waals surface area contributed by atoms with Crippen molar-refractivity contribution in [3.8, 4) is 0 Å². The summed E-state index contributed by atoms with van der Waals surface area (Å²) in [4.78, 5) is 15.4. The van der Waals surface area contributed by atoms with Crippen molar-refractivity contribution in [1.82, 2.24) is 5.32 Å². The molecule has 2 unspecified atom stereocenters. The van der Waals surface area contributed by atoms with Gasteiger partial charge in [-0.2, -0.15) is 13.2 Å². The van der Waals surface area contributed by atoms with Crippen molar-refractivity contribution in [2.75, 3.05) is 23.9 Å². The Kier molecular flexibility index (Phi) is 8.87. The summed E-state index contributed by atoms with van der Waals surface area (Å²) < 4.78 is 64.5. The van der Waals surface area contributed by atoms with Crippen LogP contribution in [0.4, 0.5) is 23.2 Å². The zero-order valence-corrected chi connectivity index (χ0v) is 21.8. The Morgan fingerprint density at radius 2 is 1.63 bits per heavy atom.